The molecule has 0 amide bonds. The summed E-state index contributed by atoms with van der Waals surface area (Å²) in [6.07, 6.45) is 1.92. The van der Waals surface area contributed by atoms with Crippen LogP contribution in [0.25, 0.3) is 0 Å². The highest BCUT2D eigenvalue weighted by molar-refractivity contribution is 5.90. The maximum Gasteiger partial charge on any atom is 0.338 e. The first-order valence-corrected chi connectivity index (χ1v) is 12.0. The van der Waals surface area contributed by atoms with Crippen LogP contribution in [0, 0.1) is 5.92 Å². The average molecular weight is 458 g/mol. The van der Waals surface area contributed by atoms with Gasteiger partial charge in [-0.2, -0.15) is 0 Å². The average Bonchev–Trinajstić information content (AvgIpc) is 2.91. The molecule has 5 heteroatoms. The Labute approximate surface area is 201 Å². The summed E-state index contributed by atoms with van der Waals surface area (Å²) < 4.78 is 17.1. The van der Waals surface area contributed by atoms with Gasteiger partial charge in [0.15, 0.2) is 11.5 Å². The first-order chi connectivity index (χ1) is 16.7. The molecule has 176 valence electrons. The zero-order chi connectivity index (χ0) is 23.5. The number of carbonyl (C=O) groups excluding carboxylic acids is 1. The quantitative estimate of drug-likeness (QED) is 0.459. The summed E-state index contributed by atoms with van der Waals surface area (Å²) in [5, 5.41) is 0. The normalized spacial score (nSPS) is 23.5. The molecule has 3 fully saturated rings. The van der Waals surface area contributed by atoms with Crippen molar-refractivity contribution in [2.24, 2.45) is 5.92 Å². The predicted molar refractivity (Wildman–Crippen MR) is 132 cm³/mol. The molecule has 0 saturated carbocycles. The van der Waals surface area contributed by atoms with E-state index in [1.165, 1.54) is 11.1 Å². The van der Waals surface area contributed by atoms with Gasteiger partial charge >= 0.3 is 5.97 Å². The van der Waals surface area contributed by atoms with Crippen LogP contribution in [0.5, 0.6) is 11.5 Å². The van der Waals surface area contributed by atoms with Crippen molar-refractivity contribution in [3.05, 3.63) is 95.6 Å². The molecule has 0 aromatic heterocycles. The first kappa shape index (κ1) is 22.5. The van der Waals surface area contributed by atoms with Gasteiger partial charge in [0.2, 0.25) is 0 Å². The van der Waals surface area contributed by atoms with E-state index in [2.05, 4.69) is 53.4 Å². The van der Waals surface area contributed by atoms with Crippen LogP contribution in [-0.2, 0) is 4.74 Å². The van der Waals surface area contributed by atoms with Crippen molar-refractivity contribution in [3.8, 4) is 11.5 Å². The van der Waals surface area contributed by atoms with Crippen LogP contribution < -0.4 is 9.47 Å². The lowest BCUT2D eigenvalue weighted by Crippen LogP contribution is -2.61. The molecule has 6 rings (SSSR count). The largest absolute Gasteiger partial charge is 0.493 e. The summed E-state index contributed by atoms with van der Waals surface area (Å²) in [6.45, 7) is 2.08. The molecular weight excluding hydrogens is 426 g/mol. The second kappa shape index (κ2) is 9.90. The number of rotatable bonds is 7. The number of nitrogens with zero attached hydrogens (tertiary/aromatic N) is 1. The molecule has 1 unspecified atom stereocenters. The molecule has 2 atom stereocenters. The van der Waals surface area contributed by atoms with Crippen molar-refractivity contribution in [1.29, 1.82) is 0 Å². The molecular formula is C29H31NO4. The van der Waals surface area contributed by atoms with Gasteiger partial charge in [-0.05, 0) is 61.2 Å². The molecule has 0 spiro atoms. The zero-order valence-electron chi connectivity index (χ0n) is 19.7. The van der Waals surface area contributed by atoms with Gasteiger partial charge in [0.1, 0.15) is 6.10 Å². The van der Waals surface area contributed by atoms with Gasteiger partial charge in [0.05, 0.1) is 25.8 Å². The van der Waals surface area contributed by atoms with E-state index in [0.717, 1.165) is 25.9 Å². The predicted octanol–water partition coefficient (Wildman–Crippen LogP) is 5.16. The van der Waals surface area contributed by atoms with Crippen molar-refractivity contribution >= 4 is 5.97 Å². The number of carbonyl (C=O) groups is 1. The highest BCUT2D eigenvalue weighted by Crippen LogP contribution is 2.43. The molecule has 3 aliphatic rings. The Bertz CT molecular complexity index is 1070. The van der Waals surface area contributed by atoms with E-state index < -0.39 is 0 Å². The van der Waals surface area contributed by atoms with Gasteiger partial charge in [0, 0.05) is 5.92 Å². The minimum atomic E-state index is -0.315. The molecule has 34 heavy (non-hydrogen) atoms. The van der Waals surface area contributed by atoms with E-state index in [1.54, 1.807) is 32.4 Å². The van der Waals surface area contributed by atoms with Crippen LogP contribution in [0.3, 0.4) is 0 Å². The second-order valence-corrected chi connectivity index (χ2v) is 9.10. The molecule has 3 aliphatic heterocycles. The van der Waals surface area contributed by atoms with Crippen LogP contribution in [0.4, 0.5) is 0 Å². The smallest absolute Gasteiger partial charge is 0.338 e. The molecule has 3 aromatic rings. The van der Waals surface area contributed by atoms with E-state index in [4.69, 9.17) is 14.2 Å². The summed E-state index contributed by atoms with van der Waals surface area (Å²) in [5.74, 6) is 1.27. The third-order valence-corrected chi connectivity index (χ3v) is 7.32. The van der Waals surface area contributed by atoms with Gasteiger partial charge in [0.25, 0.3) is 0 Å². The monoisotopic (exact) mass is 457 g/mol. The highest BCUT2D eigenvalue weighted by atomic mass is 16.5. The molecule has 0 N–H and O–H groups in total. The molecule has 3 saturated heterocycles. The molecule has 3 heterocycles. The van der Waals surface area contributed by atoms with Gasteiger partial charge in [-0.25, -0.2) is 4.79 Å². The summed E-state index contributed by atoms with van der Waals surface area (Å²) in [6, 6.07) is 26.5. The van der Waals surface area contributed by atoms with Gasteiger partial charge < -0.3 is 14.2 Å². The van der Waals surface area contributed by atoms with E-state index in [-0.39, 0.29) is 24.0 Å². The maximum atomic E-state index is 13.4. The van der Waals surface area contributed by atoms with Gasteiger partial charge in [-0.3, -0.25) is 4.90 Å². The van der Waals surface area contributed by atoms with Crippen molar-refractivity contribution in [3.63, 3.8) is 0 Å². The standard InChI is InChI=1S/C29H31NO4/c1-32-24-14-13-23(19-25(24)33-2)29(31)34-28-22-15-17-30(18-16-22)27(28)26(20-9-5-3-6-10-20)21-11-7-4-8-12-21/h3-14,19,22,26-28H,15-18H2,1-2H3/t27?,28-/m0/s1. The van der Waals surface area contributed by atoms with E-state index in [1.807, 2.05) is 12.1 Å². The first-order valence-electron chi connectivity index (χ1n) is 12.0. The molecule has 2 bridgehead atoms. The Morgan fingerprint density at radius 2 is 1.41 bits per heavy atom. The number of ether oxygens (including phenoxy) is 3. The molecule has 0 aliphatic carbocycles. The van der Waals surface area contributed by atoms with Gasteiger partial charge in [-0.15, -0.1) is 0 Å². The zero-order valence-corrected chi connectivity index (χ0v) is 19.7. The number of hydrogen-bond acceptors (Lipinski definition) is 5. The number of benzene rings is 3. The summed E-state index contributed by atoms with van der Waals surface area (Å²) in [7, 11) is 3.15. The summed E-state index contributed by atoms with van der Waals surface area (Å²) in [4.78, 5) is 15.9. The Balaban J connectivity index is 1.50. The van der Waals surface area contributed by atoms with Crippen molar-refractivity contribution in [1.82, 2.24) is 4.90 Å². The van der Waals surface area contributed by atoms with E-state index >= 15 is 0 Å². The van der Waals surface area contributed by atoms with Gasteiger partial charge in [-0.1, -0.05) is 60.7 Å². The lowest BCUT2D eigenvalue weighted by molar-refractivity contribution is -0.0887. The Morgan fingerprint density at radius 3 is 1.97 bits per heavy atom. The highest BCUT2D eigenvalue weighted by Gasteiger charge is 2.48. The van der Waals surface area contributed by atoms with Crippen LogP contribution in [0.15, 0.2) is 78.9 Å². The van der Waals surface area contributed by atoms with Crippen molar-refractivity contribution < 1.29 is 19.0 Å². The Hall–Kier alpha value is -3.31. The molecule has 5 nitrogen and oxygen atoms in total. The Kier molecular flexibility index (Phi) is 6.54. The fourth-order valence-corrected chi connectivity index (χ4v) is 5.66. The van der Waals surface area contributed by atoms with Crippen molar-refractivity contribution in [2.75, 3.05) is 27.3 Å². The van der Waals surface area contributed by atoms with Crippen molar-refractivity contribution in [2.45, 2.75) is 30.9 Å². The maximum absolute atomic E-state index is 13.4. The molecule has 3 aromatic carbocycles. The fourth-order valence-electron chi connectivity index (χ4n) is 5.66. The number of piperidine rings is 3. The summed E-state index contributed by atoms with van der Waals surface area (Å²) in [5.41, 5.74) is 2.97. The van der Waals surface area contributed by atoms with Crippen LogP contribution in [0.1, 0.15) is 40.2 Å². The number of fused-ring (bicyclic) bond motifs is 3. The second-order valence-electron chi connectivity index (χ2n) is 9.10. The third kappa shape index (κ3) is 4.28. The number of methoxy groups -OCH3 is 2. The lowest BCUT2D eigenvalue weighted by Gasteiger charge is -2.53. The SMILES string of the molecule is COc1ccc(C(=O)O[C@H]2C3CCN(CC3)C2C(c2ccccc2)c2ccccc2)cc1OC. The number of hydrogen-bond donors (Lipinski definition) is 0. The molecule has 0 radical (unpaired) electrons. The Morgan fingerprint density at radius 1 is 0.824 bits per heavy atom. The third-order valence-electron chi connectivity index (χ3n) is 7.32. The van der Waals surface area contributed by atoms with E-state index in [9.17, 15) is 4.79 Å². The minimum absolute atomic E-state index is 0.0846. The van der Waals surface area contributed by atoms with E-state index in [0.29, 0.717) is 23.0 Å². The lowest BCUT2D eigenvalue weighted by atomic mass is 9.72. The minimum Gasteiger partial charge on any atom is -0.493 e. The summed E-state index contributed by atoms with van der Waals surface area (Å²) >= 11 is 0. The van der Waals surface area contributed by atoms with Crippen LogP contribution in [0.2, 0.25) is 0 Å². The van der Waals surface area contributed by atoms with Crippen LogP contribution in [-0.4, -0.2) is 50.3 Å². The van der Waals surface area contributed by atoms with Crippen LogP contribution >= 0.6 is 0 Å². The number of esters is 1. The topological polar surface area (TPSA) is 48.0 Å². The fraction of sp³-hybridized carbons (Fsp3) is 0.345.